The second kappa shape index (κ2) is 17.3. The summed E-state index contributed by atoms with van der Waals surface area (Å²) >= 11 is 1.06. The van der Waals surface area contributed by atoms with Crippen LogP contribution in [-0.4, -0.2) is 11.7 Å². The maximum absolute atomic E-state index is 8.40. The van der Waals surface area contributed by atoms with Crippen LogP contribution in [0.15, 0.2) is 0 Å². The van der Waals surface area contributed by atoms with Gasteiger partial charge in [-0.05, 0) is 5.41 Å². The Bertz CT molecular complexity index is 58.2. The van der Waals surface area contributed by atoms with Crippen LogP contribution in [0.25, 0.3) is 0 Å². The Morgan fingerprint density at radius 3 is 1.18 bits per heavy atom. The van der Waals surface area contributed by atoms with E-state index in [1.165, 1.54) is 0 Å². The minimum atomic E-state index is 0. The van der Waals surface area contributed by atoms with Crippen molar-refractivity contribution in [3.8, 4) is 0 Å². The molecule has 0 aliphatic heterocycles. The molecule has 0 aliphatic carbocycles. The van der Waals surface area contributed by atoms with Crippen molar-refractivity contribution >= 4 is 37.2 Å². The Kier molecular flexibility index (Phi) is 46.5. The molecule has 0 fully saturated rings. The monoisotopic (exact) mass is 263 g/mol. The van der Waals surface area contributed by atoms with Crippen molar-refractivity contribution in [2.45, 2.75) is 20.8 Å². The van der Waals surface area contributed by atoms with E-state index in [1.807, 2.05) is 20.8 Å². The van der Waals surface area contributed by atoms with E-state index in [1.54, 1.807) is 0 Å². The Labute approximate surface area is 96.0 Å². The van der Waals surface area contributed by atoms with E-state index in [0.717, 1.165) is 17.4 Å². The van der Waals surface area contributed by atoms with Gasteiger partial charge >= 0.3 is 21.0 Å². The molecule has 0 aromatic heterocycles. The molecule has 1 N–H and O–H groups in total. The summed E-state index contributed by atoms with van der Waals surface area (Å²) in [7, 11) is 0. The Morgan fingerprint density at radius 1 is 1.09 bits per heavy atom. The molecule has 0 saturated carbocycles. The summed E-state index contributed by atoms with van der Waals surface area (Å²) in [4.78, 5) is 0. The molecule has 0 unspecified atom stereocenters. The van der Waals surface area contributed by atoms with Crippen LogP contribution < -0.4 is 0 Å². The summed E-state index contributed by atoms with van der Waals surface area (Å²) < 4.78 is 8.19. The minimum absolute atomic E-state index is 0. The molecule has 0 aromatic rings. The fourth-order valence-electron chi connectivity index (χ4n) is 0. The van der Waals surface area contributed by atoms with Crippen molar-refractivity contribution in [2.75, 3.05) is 6.61 Å². The van der Waals surface area contributed by atoms with Crippen LogP contribution in [0.4, 0.5) is 0 Å². The van der Waals surface area contributed by atoms with Gasteiger partial charge in [-0.15, -0.1) is 37.2 Å². The van der Waals surface area contributed by atoms with Gasteiger partial charge in [0.15, 0.2) is 0 Å². The molecular weight excluding hydrogens is 249 g/mol. The Balaban J connectivity index is -0.0000000222. The van der Waals surface area contributed by atoms with Gasteiger partial charge < -0.3 is 5.11 Å². The summed E-state index contributed by atoms with van der Waals surface area (Å²) in [6, 6.07) is 0. The van der Waals surface area contributed by atoms with Crippen molar-refractivity contribution in [3.05, 3.63) is 0 Å². The number of aliphatic hydroxyl groups excluding tert-OH is 1. The van der Waals surface area contributed by atoms with Gasteiger partial charge in [0.2, 0.25) is 0 Å². The van der Waals surface area contributed by atoms with E-state index in [-0.39, 0.29) is 49.2 Å². The molecule has 73 valence electrons. The first-order valence-electron chi connectivity index (χ1n) is 2.35. The number of rotatable bonds is 0. The maximum atomic E-state index is 8.40. The van der Waals surface area contributed by atoms with E-state index in [9.17, 15) is 0 Å². The van der Waals surface area contributed by atoms with Crippen LogP contribution in [0.5, 0.6) is 0 Å². The molecule has 11 heavy (non-hydrogen) atoms. The quantitative estimate of drug-likeness (QED) is 0.728. The second-order valence-electron chi connectivity index (χ2n) is 2.72. The summed E-state index contributed by atoms with van der Waals surface area (Å²) in [6.45, 7) is 6.25. The van der Waals surface area contributed by atoms with Crippen molar-refractivity contribution in [1.82, 2.24) is 0 Å². The number of halogens is 3. The second-order valence-corrected chi connectivity index (χ2v) is 2.72. The van der Waals surface area contributed by atoms with Crippen molar-refractivity contribution in [1.29, 1.82) is 0 Å². The van der Waals surface area contributed by atoms with Gasteiger partial charge in [-0.2, -0.15) is 0 Å². The van der Waals surface area contributed by atoms with Gasteiger partial charge in [0.05, 0.1) is 0 Å². The third-order valence-electron chi connectivity index (χ3n) is 0.474. The molecule has 0 aliphatic rings. The molecule has 0 saturated heterocycles. The summed E-state index contributed by atoms with van der Waals surface area (Å²) in [6.07, 6.45) is 0. The van der Waals surface area contributed by atoms with Crippen molar-refractivity contribution in [3.63, 3.8) is 0 Å². The van der Waals surface area contributed by atoms with Crippen LogP contribution in [0, 0.1) is 5.41 Å². The van der Waals surface area contributed by atoms with Gasteiger partial charge in [0.1, 0.15) is 0 Å². The summed E-state index contributed by atoms with van der Waals surface area (Å²) in [5.74, 6) is 0. The molecule has 0 atom stereocenters. The first-order valence-corrected chi connectivity index (χ1v) is 2.92. The van der Waals surface area contributed by atoms with Crippen LogP contribution in [0.3, 0.4) is 0 Å². The third-order valence-corrected chi connectivity index (χ3v) is 0.474. The van der Waals surface area contributed by atoms with Gasteiger partial charge in [-0.25, -0.2) is 0 Å². The van der Waals surface area contributed by atoms with Crippen molar-refractivity contribution in [2.24, 2.45) is 5.41 Å². The van der Waals surface area contributed by atoms with Crippen LogP contribution in [-0.2, 0) is 21.0 Å². The molecule has 0 bridgehead atoms. The zero-order chi connectivity index (χ0) is 7.21. The average Bonchev–Trinajstić information content (AvgIpc) is 1.71. The van der Waals surface area contributed by atoms with E-state index < -0.39 is 0 Å². The number of hydrogen-bond donors (Lipinski definition) is 1. The molecule has 0 radical (unpaired) electrons. The van der Waals surface area contributed by atoms with Gasteiger partial charge in [-0.1, -0.05) is 20.8 Å². The molecule has 6 heteroatoms. The molecule has 0 rings (SSSR count). The fraction of sp³-hybridized carbons (Fsp3) is 1.00. The third kappa shape index (κ3) is 53.6. The zero-order valence-corrected chi connectivity index (χ0v) is 10.6. The molecule has 0 amide bonds. The number of hydrogen-bond acceptors (Lipinski definition) is 2. The molecule has 0 aromatic carbocycles. The predicted molar refractivity (Wildman–Crippen MR) is 49.0 cm³/mol. The topological polar surface area (TPSA) is 37.3 Å². The van der Waals surface area contributed by atoms with E-state index in [0.29, 0.717) is 0 Å². The SMILES string of the molecule is CC(C)(C)CO.Cl.Cl.Cl.[O]=[V]. The van der Waals surface area contributed by atoms with Crippen LogP contribution >= 0.6 is 37.2 Å². The van der Waals surface area contributed by atoms with E-state index in [4.69, 9.17) is 8.78 Å². The Hall–Kier alpha value is 1.21. The van der Waals surface area contributed by atoms with Gasteiger partial charge in [-0.3, -0.25) is 0 Å². The number of aliphatic hydroxyl groups is 1. The van der Waals surface area contributed by atoms with Crippen LogP contribution in [0.1, 0.15) is 20.8 Å². The van der Waals surface area contributed by atoms with Gasteiger partial charge in [0, 0.05) is 6.61 Å². The normalized spacial score (nSPS) is 6.82. The molecule has 0 heterocycles. The van der Waals surface area contributed by atoms with Crippen LogP contribution in [0.2, 0.25) is 0 Å². The summed E-state index contributed by atoms with van der Waals surface area (Å²) in [5, 5.41) is 8.40. The van der Waals surface area contributed by atoms with E-state index >= 15 is 0 Å². The molecular formula is C5H15Cl3O2V. The molecule has 0 spiro atoms. The predicted octanol–water partition coefficient (Wildman–Crippen LogP) is 2.17. The first kappa shape index (κ1) is 29.5. The Morgan fingerprint density at radius 2 is 1.18 bits per heavy atom. The van der Waals surface area contributed by atoms with Crippen molar-refractivity contribution < 1.29 is 26.1 Å². The standard InChI is InChI=1S/C5H12O.3ClH.O.V/c1-5(2,3)4-6;;;;;/h6H,4H2,1-3H3;3*1H;;. The zero-order valence-electron chi connectivity index (χ0n) is 6.73. The molecule has 2 nitrogen and oxygen atoms in total. The average molecular weight is 264 g/mol. The van der Waals surface area contributed by atoms with E-state index in [2.05, 4.69) is 0 Å². The van der Waals surface area contributed by atoms with Gasteiger partial charge in [0.25, 0.3) is 0 Å². The first-order chi connectivity index (χ1) is 3.56. The summed E-state index contributed by atoms with van der Waals surface area (Å²) in [5.41, 5.74) is 0.0972. The fourth-order valence-corrected chi connectivity index (χ4v) is 0.